The summed E-state index contributed by atoms with van der Waals surface area (Å²) in [6.45, 7) is 0.176. The van der Waals surface area contributed by atoms with E-state index in [0.29, 0.717) is 23.7 Å². The number of ether oxygens (including phenoxy) is 5. The monoisotopic (exact) mass is 324 g/mol. The van der Waals surface area contributed by atoms with Gasteiger partial charge in [0.15, 0.2) is 17.4 Å². The second kappa shape index (κ2) is 7.21. The molecule has 0 aromatic heterocycles. The Morgan fingerprint density at radius 2 is 1.74 bits per heavy atom. The minimum atomic E-state index is -0.904. The summed E-state index contributed by atoms with van der Waals surface area (Å²) in [7, 11) is 5.84. The van der Waals surface area contributed by atoms with Gasteiger partial charge in [-0.25, -0.2) is 0 Å². The molecule has 126 valence electrons. The van der Waals surface area contributed by atoms with Crippen molar-refractivity contribution in [1.82, 2.24) is 0 Å². The smallest absolute Gasteiger partial charge is 0.320 e. The number of rotatable bonds is 6. The Bertz CT molecular complexity index is 571. The highest BCUT2D eigenvalue weighted by Gasteiger charge is 2.43. The molecule has 2 atom stereocenters. The van der Waals surface area contributed by atoms with Crippen molar-refractivity contribution in [3.63, 3.8) is 0 Å². The molecule has 23 heavy (non-hydrogen) atoms. The molecule has 1 heterocycles. The fourth-order valence-corrected chi connectivity index (χ4v) is 2.72. The molecule has 0 saturated carbocycles. The van der Waals surface area contributed by atoms with E-state index in [1.807, 2.05) is 0 Å². The zero-order chi connectivity index (χ0) is 17.0. The number of hydrogen-bond donors (Lipinski definition) is 0. The maximum Gasteiger partial charge on any atom is 0.320 e. The van der Waals surface area contributed by atoms with Gasteiger partial charge in [0.2, 0.25) is 5.75 Å². The van der Waals surface area contributed by atoms with E-state index >= 15 is 0 Å². The number of carbonyl (C=O) groups is 2. The average Bonchev–Trinajstić information content (AvgIpc) is 2.93. The molecule has 1 aromatic carbocycles. The van der Waals surface area contributed by atoms with Crippen LogP contribution in [0.5, 0.6) is 17.2 Å². The quantitative estimate of drug-likeness (QED) is 0.575. The minimum absolute atomic E-state index is 0.176. The van der Waals surface area contributed by atoms with Gasteiger partial charge in [0.25, 0.3) is 0 Å². The Kier molecular flexibility index (Phi) is 5.31. The van der Waals surface area contributed by atoms with Crippen LogP contribution in [0, 0.1) is 11.8 Å². The summed E-state index contributed by atoms with van der Waals surface area (Å²) in [5.41, 5.74) is 0.844. The van der Waals surface area contributed by atoms with Gasteiger partial charge in [0, 0.05) is 5.92 Å². The SMILES string of the molecule is COC(=O)[C@@H]1C(=O)OC[C@H]1Cc1cc(OC)c(OC)c(OC)c1. The first-order chi connectivity index (χ1) is 11.0. The van der Waals surface area contributed by atoms with Crippen molar-refractivity contribution in [3.05, 3.63) is 17.7 Å². The van der Waals surface area contributed by atoms with E-state index in [2.05, 4.69) is 4.74 Å². The van der Waals surface area contributed by atoms with Gasteiger partial charge in [0.05, 0.1) is 35.0 Å². The largest absolute Gasteiger partial charge is 0.493 e. The zero-order valence-electron chi connectivity index (χ0n) is 13.6. The molecule has 0 unspecified atom stereocenters. The van der Waals surface area contributed by atoms with Crippen molar-refractivity contribution < 1.29 is 33.3 Å². The molecule has 7 nitrogen and oxygen atoms in total. The first kappa shape index (κ1) is 16.9. The van der Waals surface area contributed by atoms with Crippen molar-refractivity contribution in [2.24, 2.45) is 11.8 Å². The highest BCUT2D eigenvalue weighted by Crippen LogP contribution is 2.39. The molecule has 0 radical (unpaired) electrons. The first-order valence-electron chi connectivity index (χ1n) is 7.09. The fraction of sp³-hybridized carbons (Fsp3) is 0.500. The summed E-state index contributed by atoms with van der Waals surface area (Å²) in [6, 6.07) is 3.58. The van der Waals surface area contributed by atoms with Gasteiger partial charge >= 0.3 is 11.9 Å². The van der Waals surface area contributed by atoms with Crippen LogP contribution in [0.15, 0.2) is 12.1 Å². The average molecular weight is 324 g/mol. The number of esters is 2. The summed E-state index contributed by atoms with van der Waals surface area (Å²) in [5.74, 6) is -0.804. The van der Waals surface area contributed by atoms with Gasteiger partial charge in [-0.15, -0.1) is 0 Å². The van der Waals surface area contributed by atoms with E-state index in [4.69, 9.17) is 18.9 Å². The standard InChI is InChI=1S/C16H20O7/c1-19-11-6-9(7-12(20-2)14(11)21-3)5-10-8-23-16(18)13(10)15(17)22-4/h6-7,10,13H,5,8H2,1-4H3/t10-,13-/m1/s1. The van der Waals surface area contributed by atoms with Gasteiger partial charge in [-0.05, 0) is 24.1 Å². The van der Waals surface area contributed by atoms with Crippen molar-refractivity contribution in [3.8, 4) is 17.2 Å². The molecule has 0 bridgehead atoms. The van der Waals surface area contributed by atoms with Gasteiger partial charge in [-0.1, -0.05) is 0 Å². The Morgan fingerprint density at radius 3 is 2.22 bits per heavy atom. The van der Waals surface area contributed by atoms with E-state index in [1.165, 1.54) is 28.4 Å². The molecule has 0 N–H and O–H groups in total. The molecular formula is C16H20O7. The molecule has 0 amide bonds. The lowest BCUT2D eigenvalue weighted by Crippen LogP contribution is -2.28. The Hall–Kier alpha value is -2.44. The van der Waals surface area contributed by atoms with Crippen molar-refractivity contribution in [2.75, 3.05) is 35.0 Å². The fourth-order valence-electron chi connectivity index (χ4n) is 2.72. The second-order valence-corrected chi connectivity index (χ2v) is 5.13. The van der Waals surface area contributed by atoms with Crippen LogP contribution in [0.3, 0.4) is 0 Å². The third kappa shape index (κ3) is 3.33. The topological polar surface area (TPSA) is 80.3 Å². The summed E-state index contributed by atoms with van der Waals surface area (Å²) in [4.78, 5) is 23.5. The molecular weight excluding hydrogens is 304 g/mol. The molecule has 1 fully saturated rings. The summed E-state index contributed by atoms with van der Waals surface area (Å²) >= 11 is 0. The zero-order valence-corrected chi connectivity index (χ0v) is 13.6. The van der Waals surface area contributed by atoms with Crippen LogP contribution in [0.4, 0.5) is 0 Å². The Morgan fingerprint density at radius 1 is 1.13 bits per heavy atom. The molecule has 0 spiro atoms. The Labute approximate surface area is 134 Å². The van der Waals surface area contributed by atoms with Gasteiger partial charge in [-0.3, -0.25) is 9.59 Å². The highest BCUT2D eigenvalue weighted by atomic mass is 16.6. The van der Waals surface area contributed by atoms with Crippen molar-refractivity contribution >= 4 is 11.9 Å². The lowest BCUT2D eigenvalue weighted by molar-refractivity contribution is -0.154. The van der Waals surface area contributed by atoms with Gasteiger partial charge < -0.3 is 23.7 Å². The predicted octanol–water partition coefficient (Wildman–Crippen LogP) is 1.22. The second-order valence-electron chi connectivity index (χ2n) is 5.13. The maximum absolute atomic E-state index is 11.8. The van der Waals surface area contributed by atoms with Crippen LogP contribution in [0.2, 0.25) is 0 Å². The van der Waals surface area contributed by atoms with Crippen LogP contribution >= 0.6 is 0 Å². The molecule has 1 aromatic rings. The molecule has 1 saturated heterocycles. The van der Waals surface area contributed by atoms with E-state index in [0.717, 1.165) is 5.56 Å². The number of hydrogen-bond acceptors (Lipinski definition) is 7. The third-order valence-corrected chi connectivity index (χ3v) is 3.84. The van der Waals surface area contributed by atoms with E-state index in [-0.39, 0.29) is 12.5 Å². The first-order valence-corrected chi connectivity index (χ1v) is 7.09. The van der Waals surface area contributed by atoms with Gasteiger partial charge in [-0.2, -0.15) is 0 Å². The third-order valence-electron chi connectivity index (χ3n) is 3.84. The maximum atomic E-state index is 11.8. The number of methoxy groups -OCH3 is 4. The van der Waals surface area contributed by atoms with Crippen molar-refractivity contribution in [2.45, 2.75) is 6.42 Å². The molecule has 2 rings (SSSR count). The van der Waals surface area contributed by atoms with E-state index in [1.54, 1.807) is 12.1 Å². The lowest BCUT2D eigenvalue weighted by Gasteiger charge is -2.17. The number of carbonyl (C=O) groups excluding carboxylic acids is 2. The number of cyclic esters (lactones) is 1. The predicted molar refractivity (Wildman–Crippen MR) is 79.8 cm³/mol. The normalized spacial score (nSPS) is 19.9. The number of benzene rings is 1. The Balaban J connectivity index is 2.29. The van der Waals surface area contributed by atoms with Crippen LogP contribution < -0.4 is 14.2 Å². The van der Waals surface area contributed by atoms with E-state index in [9.17, 15) is 9.59 Å². The van der Waals surface area contributed by atoms with Crippen LogP contribution in [-0.2, 0) is 25.5 Å². The lowest BCUT2D eigenvalue weighted by atomic mass is 9.89. The highest BCUT2D eigenvalue weighted by molar-refractivity contribution is 5.96. The van der Waals surface area contributed by atoms with Crippen molar-refractivity contribution in [1.29, 1.82) is 0 Å². The summed E-state index contributed by atoms with van der Waals surface area (Å²) < 4.78 is 25.6. The minimum Gasteiger partial charge on any atom is -0.493 e. The molecule has 7 heteroatoms. The van der Waals surface area contributed by atoms with Crippen LogP contribution in [-0.4, -0.2) is 47.0 Å². The molecule has 1 aliphatic heterocycles. The molecule has 1 aliphatic rings. The summed E-state index contributed by atoms with van der Waals surface area (Å²) in [5, 5.41) is 0. The van der Waals surface area contributed by atoms with E-state index < -0.39 is 17.9 Å². The van der Waals surface area contributed by atoms with Gasteiger partial charge in [0.1, 0.15) is 0 Å². The summed E-state index contributed by atoms with van der Waals surface area (Å²) in [6.07, 6.45) is 0.447. The van der Waals surface area contributed by atoms with Crippen LogP contribution in [0.25, 0.3) is 0 Å². The molecule has 0 aliphatic carbocycles. The van der Waals surface area contributed by atoms with Crippen LogP contribution in [0.1, 0.15) is 5.56 Å².